The van der Waals surface area contributed by atoms with Gasteiger partial charge in [0.05, 0.1) is 10.4 Å². The summed E-state index contributed by atoms with van der Waals surface area (Å²) in [4.78, 5) is 17.1. The number of nitrogens with zero attached hydrogens (tertiary/aromatic N) is 1. The third kappa shape index (κ3) is 4.15. The van der Waals surface area contributed by atoms with Crippen LogP contribution in [0.5, 0.6) is 0 Å². The Labute approximate surface area is 151 Å². The number of hydrogen-bond acceptors (Lipinski definition) is 4. The normalized spacial score (nSPS) is 15.8. The molecular weight excluding hydrogens is 342 g/mol. The van der Waals surface area contributed by atoms with Crippen LogP contribution in [-0.2, 0) is 17.6 Å². The molecule has 128 valence electrons. The third-order valence-corrected chi connectivity index (χ3v) is 5.66. The molecule has 4 nitrogen and oxygen atoms in total. The predicted octanol–water partition coefficient (Wildman–Crippen LogP) is 2.99. The van der Waals surface area contributed by atoms with Gasteiger partial charge in [-0.05, 0) is 37.5 Å². The first-order chi connectivity index (χ1) is 11.6. The van der Waals surface area contributed by atoms with Gasteiger partial charge in [-0.15, -0.1) is 11.3 Å². The summed E-state index contributed by atoms with van der Waals surface area (Å²) in [7, 11) is 0. The van der Waals surface area contributed by atoms with E-state index >= 15 is 0 Å². The fourth-order valence-corrected chi connectivity index (χ4v) is 3.88. The monoisotopic (exact) mass is 363 g/mol. The van der Waals surface area contributed by atoms with Gasteiger partial charge in [0.2, 0.25) is 5.91 Å². The van der Waals surface area contributed by atoms with Crippen LogP contribution in [0.4, 0.5) is 0 Å². The Balaban J connectivity index is 1.49. The van der Waals surface area contributed by atoms with Crippen LogP contribution >= 0.6 is 22.9 Å². The van der Waals surface area contributed by atoms with Crippen molar-refractivity contribution in [2.24, 2.45) is 5.41 Å². The van der Waals surface area contributed by atoms with Crippen LogP contribution in [-0.4, -0.2) is 30.5 Å². The van der Waals surface area contributed by atoms with Gasteiger partial charge in [0.15, 0.2) is 0 Å². The number of rotatable bonds is 7. The van der Waals surface area contributed by atoms with Crippen molar-refractivity contribution in [1.82, 2.24) is 15.6 Å². The molecule has 1 aliphatic rings. The topological polar surface area (TPSA) is 54.0 Å². The third-order valence-electron chi connectivity index (χ3n) is 4.38. The summed E-state index contributed by atoms with van der Waals surface area (Å²) in [6.45, 7) is 4.16. The summed E-state index contributed by atoms with van der Waals surface area (Å²) in [6, 6.07) is 7.76. The Bertz CT molecular complexity index is 695. The lowest BCUT2D eigenvalue weighted by Gasteiger charge is -2.41. The van der Waals surface area contributed by atoms with Gasteiger partial charge in [-0.1, -0.05) is 23.7 Å². The summed E-state index contributed by atoms with van der Waals surface area (Å²) in [5.74, 6) is 0.145. The smallest absolute Gasteiger partial charge is 0.229 e. The molecule has 6 heteroatoms. The van der Waals surface area contributed by atoms with E-state index in [1.807, 2.05) is 31.2 Å². The quantitative estimate of drug-likeness (QED) is 0.743. The second-order valence-electron chi connectivity index (χ2n) is 6.43. The largest absolute Gasteiger partial charge is 0.356 e. The summed E-state index contributed by atoms with van der Waals surface area (Å²) in [5, 5.41) is 10.3. The number of hydrogen-bond donors (Lipinski definition) is 2. The van der Waals surface area contributed by atoms with Gasteiger partial charge in [0.25, 0.3) is 0 Å². The maximum atomic E-state index is 12.6. The van der Waals surface area contributed by atoms with Gasteiger partial charge in [-0.25, -0.2) is 4.98 Å². The lowest BCUT2D eigenvalue weighted by Crippen LogP contribution is -2.62. The zero-order valence-corrected chi connectivity index (χ0v) is 15.3. The van der Waals surface area contributed by atoms with E-state index in [1.54, 1.807) is 11.3 Å². The van der Waals surface area contributed by atoms with Gasteiger partial charge < -0.3 is 10.6 Å². The van der Waals surface area contributed by atoms with E-state index in [9.17, 15) is 4.79 Å². The molecule has 0 radical (unpaired) electrons. The van der Waals surface area contributed by atoms with E-state index in [0.717, 1.165) is 53.6 Å². The van der Waals surface area contributed by atoms with Crippen molar-refractivity contribution in [2.75, 3.05) is 19.6 Å². The lowest BCUT2D eigenvalue weighted by molar-refractivity contribution is -0.133. The molecule has 2 heterocycles. The highest BCUT2D eigenvalue weighted by molar-refractivity contribution is 7.09. The molecule has 0 bridgehead atoms. The number of halogens is 1. The van der Waals surface area contributed by atoms with Crippen molar-refractivity contribution in [1.29, 1.82) is 0 Å². The zero-order chi connectivity index (χ0) is 17.0. The Kier molecular flexibility index (Phi) is 5.54. The van der Waals surface area contributed by atoms with Crippen molar-refractivity contribution in [3.05, 3.63) is 50.9 Å². The van der Waals surface area contributed by atoms with Crippen molar-refractivity contribution < 1.29 is 4.79 Å². The Morgan fingerprint density at radius 1 is 1.38 bits per heavy atom. The van der Waals surface area contributed by atoms with Gasteiger partial charge >= 0.3 is 0 Å². The number of thiazole rings is 1. The van der Waals surface area contributed by atoms with Crippen LogP contribution in [0.2, 0.25) is 5.02 Å². The molecule has 0 spiro atoms. The molecule has 1 aromatic carbocycles. The molecular formula is C18H22ClN3OS. The van der Waals surface area contributed by atoms with E-state index in [-0.39, 0.29) is 11.3 Å². The summed E-state index contributed by atoms with van der Waals surface area (Å²) < 4.78 is 0. The average molecular weight is 364 g/mol. The molecule has 0 unspecified atom stereocenters. The van der Waals surface area contributed by atoms with Crippen molar-refractivity contribution in [3.63, 3.8) is 0 Å². The van der Waals surface area contributed by atoms with Crippen LogP contribution < -0.4 is 10.6 Å². The van der Waals surface area contributed by atoms with Crippen molar-refractivity contribution in [2.45, 2.75) is 26.2 Å². The molecule has 2 aromatic rings. The minimum Gasteiger partial charge on any atom is -0.356 e. The van der Waals surface area contributed by atoms with Gasteiger partial charge in [0, 0.05) is 42.2 Å². The predicted molar refractivity (Wildman–Crippen MR) is 98.6 cm³/mol. The highest BCUT2D eigenvalue weighted by Crippen LogP contribution is 2.28. The fourth-order valence-electron chi connectivity index (χ4n) is 2.93. The molecule has 1 aliphatic heterocycles. The van der Waals surface area contributed by atoms with Crippen LogP contribution in [0.3, 0.4) is 0 Å². The van der Waals surface area contributed by atoms with Gasteiger partial charge in [-0.2, -0.15) is 0 Å². The number of aryl methyl sites for hydroxylation is 2. The minimum absolute atomic E-state index is 0.145. The van der Waals surface area contributed by atoms with Gasteiger partial charge in [-0.3, -0.25) is 4.79 Å². The minimum atomic E-state index is -0.328. The molecule has 0 saturated carbocycles. The molecule has 1 amide bonds. The van der Waals surface area contributed by atoms with E-state index in [1.165, 1.54) is 0 Å². The summed E-state index contributed by atoms with van der Waals surface area (Å²) in [5.41, 5.74) is 1.89. The first-order valence-electron chi connectivity index (χ1n) is 8.22. The highest BCUT2D eigenvalue weighted by Gasteiger charge is 2.43. The first kappa shape index (κ1) is 17.4. The first-order valence-corrected chi connectivity index (χ1v) is 9.48. The molecule has 1 saturated heterocycles. The second-order valence-corrected chi connectivity index (χ2v) is 7.81. The number of aromatic nitrogens is 1. The van der Waals surface area contributed by atoms with E-state index in [0.29, 0.717) is 6.54 Å². The molecule has 0 atom stereocenters. The van der Waals surface area contributed by atoms with E-state index in [4.69, 9.17) is 11.6 Å². The Morgan fingerprint density at radius 3 is 2.71 bits per heavy atom. The second kappa shape index (κ2) is 7.64. The van der Waals surface area contributed by atoms with Crippen LogP contribution in [0.15, 0.2) is 29.6 Å². The Hall–Kier alpha value is -1.43. The van der Waals surface area contributed by atoms with Crippen molar-refractivity contribution in [3.8, 4) is 0 Å². The molecule has 1 aromatic heterocycles. The number of carbonyl (C=O) groups is 1. The van der Waals surface area contributed by atoms with Gasteiger partial charge in [0.1, 0.15) is 0 Å². The molecule has 3 rings (SSSR count). The van der Waals surface area contributed by atoms with Crippen LogP contribution in [0.1, 0.15) is 22.7 Å². The molecule has 2 N–H and O–H groups in total. The number of benzene rings is 1. The maximum absolute atomic E-state index is 12.6. The molecule has 24 heavy (non-hydrogen) atoms. The fraction of sp³-hybridized carbons (Fsp3) is 0.444. The Morgan fingerprint density at radius 2 is 2.12 bits per heavy atom. The molecule has 1 fully saturated rings. The van der Waals surface area contributed by atoms with E-state index in [2.05, 4.69) is 21.0 Å². The number of nitrogens with one attached hydrogen (secondary N) is 2. The molecule has 0 aliphatic carbocycles. The lowest BCUT2D eigenvalue weighted by atomic mass is 9.75. The van der Waals surface area contributed by atoms with Crippen molar-refractivity contribution >= 4 is 28.8 Å². The zero-order valence-electron chi connectivity index (χ0n) is 13.8. The summed E-state index contributed by atoms with van der Waals surface area (Å²) in [6.07, 6.45) is 2.58. The highest BCUT2D eigenvalue weighted by atomic mass is 35.5. The average Bonchev–Trinajstić information content (AvgIpc) is 2.94. The van der Waals surface area contributed by atoms with Crippen LogP contribution in [0, 0.1) is 12.3 Å². The summed E-state index contributed by atoms with van der Waals surface area (Å²) >= 11 is 7.62. The maximum Gasteiger partial charge on any atom is 0.229 e. The van der Waals surface area contributed by atoms with Crippen LogP contribution in [0.25, 0.3) is 0 Å². The SMILES string of the molecule is Cc1csc(CCCNC(=O)C2(Cc3ccc(Cl)cc3)CNC2)n1. The number of amides is 1. The standard InChI is InChI=1S/C18H22ClN3OS/c1-13-10-24-16(22-13)3-2-8-21-17(23)18(11-20-12-18)9-14-4-6-15(19)7-5-14/h4-7,10,20H,2-3,8-9,11-12H2,1H3,(H,21,23). The van der Waals surface area contributed by atoms with E-state index < -0.39 is 0 Å². The number of carbonyl (C=O) groups excluding carboxylic acids is 1.